The Hall–Kier alpha value is -0.760. The Morgan fingerprint density at radius 3 is 2.56 bits per heavy atom. The van der Waals surface area contributed by atoms with Gasteiger partial charge in [0.05, 0.1) is 5.69 Å². The number of anilines is 1. The molecule has 100 valence electrons. The van der Waals surface area contributed by atoms with E-state index in [-0.39, 0.29) is 5.82 Å². The van der Waals surface area contributed by atoms with Crippen LogP contribution in [0.3, 0.4) is 0 Å². The zero-order chi connectivity index (χ0) is 13.2. The number of nitrogens with zero attached hydrogens (tertiary/aromatic N) is 1. The van der Waals surface area contributed by atoms with E-state index in [0.717, 1.165) is 31.5 Å². The molecule has 0 radical (unpaired) electrons. The monoisotopic (exact) mass is 269 g/mol. The SMILES string of the molecule is CCC1(C)CCN(c2c(F)cccc2CCl)CC1. The number of halogens is 2. The maximum absolute atomic E-state index is 14.0. The molecule has 1 fully saturated rings. The minimum absolute atomic E-state index is 0.145. The third-order valence-electron chi connectivity index (χ3n) is 4.35. The Morgan fingerprint density at radius 1 is 1.33 bits per heavy atom. The summed E-state index contributed by atoms with van der Waals surface area (Å²) < 4.78 is 14.0. The van der Waals surface area contributed by atoms with E-state index in [1.54, 1.807) is 6.07 Å². The van der Waals surface area contributed by atoms with Crippen LogP contribution in [0, 0.1) is 11.2 Å². The summed E-state index contributed by atoms with van der Waals surface area (Å²) in [5.41, 5.74) is 2.03. The summed E-state index contributed by atoms with van der Waals surface area (Å²) in [5.74, 6) is 0.225. The fourth-order valence-corrected chi connectivity index (χ4v) is 2.86. The van der Waals surface area contributed by atoms with Crippen LogP contribution in [0.2, 0.25) is 0 Å². The first-order chi connectivity index (χ1) is 8.59. The predicted molar refractivity (Wildman–Crippen MR) is 75.8 cm³/mol. The van der Waals surface area contributed by atoms with Crippen molar-refractivity contribution in [2.45, 2.75) is 39.0 Å². The minimum Gasteiger partial charge on any atom is -0.369 e. The van der Waals surface area contributed by atoms with Gasteiger partial charge < -0.3 is 4.90 Å². The van der Waals surface area contributed by atoms with Crippen LogP contribution in [-0.2, 0) is 5.88 Å². The van der Waals surface area contributed by atoms with E-state index in [9.17, 15) is 4.39 Å². The standard InChI is InChI=1S/C15H21ClFN/c1-3-15(2)7-9-18(10-8-15)14-12(11-16)5-4-6-13(14)17/h4-6H,3,7-11H2,1-2H3. The highest BCUT2D eigenvalue weighted by Gasteiger charge is 2.29. The predicted octanol–water partition coefficient (Wildman–Crippen LogP) is 4.58. The first-order valence-electron chi connectivity index (χ1n) is 6.68. The summed E-state index contributed by atoms with van der Waals surface area (Å²) in [4.78, 5) is 2.16. The van der Waals surface area contributed by atoms with Crippen molar-refractivity contribution in [2.75, 3.05) is 18.0 Å². The highest BCUT2D eigenvalue weighted by atomic mass is 35.5. The first-order valence-corrected chi connectivity index (χ1v) is 7.21. The van der Waals surface area contributed by atoms with Gasteiger partial charge in [0.2, 0.25) is 0 Å². The first kappa shape index (κ1) is 13.7. The molecule has 3 heteroatoms. The summed E-state index contributed by atoms with van der Waals surface area (Å²) in [5, 5.41) is 0. The van der Waals surface area contributed by atoms with Gasteiger partial charge in [-0.05, 0) is 29.9 Å². The van der Waals surface area contributed by atoms with Gasteiger partial charge in [-0.2, -0.15) is 0 Å². The molecule has 0 saturated carbocycles. The largest absolute Gasteiger partial charge is 0.369 e. The molecule has 0 N–H and O–H groups in total. The molecule has 1 aliphatic rings. The van der Waals surface area contributed by atoms with Crippen LogP contribution >= 0.6 is 11.6 Å². The molecule has 0 aromatic heterocycles. The number of hydrogen-bond acceptors (Lipinski definition) is 1. The van der Waals surface area contributed by atoms with E-state index >= 15 is 0 Å². The topological polar surface area (TPSA) is 3.24 Å². The van der Waals surface area contributed by atoms with Gasteiger partial charge in [0.1, 0.15) is 5.82 Å². The second-order valence-electron chi connectivity index (χ2n) is 5.53. The molecule has 0 atom stereocenters. The Bertz CT molecular complexity index is 411. The third kappa shape index (κ3) is 2.64. The molecule has 18 heavy (non-hydrogen) atoms. The maximum Gasteiger partial charge on any atom is 0.146 e. The molecular formula is C15H21ClFN. The van der Waals surface area contributed by atoms with Crippen molar-refractivity contribution in [3.05, 3.63) is 29.6 Å². The number of benzene rings is 1. The highest BCUT2D eigenvalue weighted by molar-refractivity contribution is 6.17. The Morgan fingerprint density at radius 2 is 2.00 bits per heavy atom. The van der Waals surface area contributed by atoms with E-state index in [0.29, 0.717) is 17.0 Å². The molecule has 0 spiro atoms. The summed E-state index contributed by atoms with van der Waals surface area (Å²) in [6.07, 6.45) is 3.44. The number of piperidine rings is 1. The lowest BCUT2D eigenvalue weighted by atomic mass is 9.78. The van der Waals surface area contributed by atoms with Gasteiger partial charge in [-0.1, -0.05) is 32.4 Å². The van der Waals surface area contributed by atoms with Gasteiger partial charge in [0, 0.05) is 19.0 Å². The van der Waals surface area contributed by atoms with Crippen molar-refractivity contribution in [1.29, 1.82) is 0 Å². The number of alkyl halides is 1. The van der Waals surface area contributed by atoms with Crippen LogP contribution in [0.15, 0.2) is 18.2 Å². The fourth-order valence-electron chi connectivity index (χ4n) is 2.65. The minimum atomic E-state index is -0.145. The molecule has 1 saturated heterocycles. The normalized spacial score (nSPS) is 19.0. The van der Waals surface area contributed by atoms with Crippen molar-refractivity contribution in [2.24, 2.45) is 5.41 Å². The van der Waals surface area contributed by atoms with Crippen molar-refractivity contribution >= 4 is 17.3 Å². The summed E-state index contributed by atoms with van der Waals surface area (Å²) >= 11 is 5.91. The second-order valence-corrected chi connectivity index (χ2v) is 5.80. The van der Waals surface area contributed by atoms with E-state index in [1.807, 2.05) is 6.07 Å². The Balaban J connectivity index is 2.19. The molecule has 2 rings (SSSR count). The van der Waals surface area contributed by atoms with Gasteiger partial charge in [-0.3, -0.25) is 0 Å². The van der Waals surface area contributed by atoms with Crippen LogP contribution in [-0.4, -0.2) is 13.1 Å². The van der Waals surface area contributed by atoms with Crippen LogP contribution < -0.4 is 4.90 Å². The van der Waals surface area contributed by atoms with Crippen LogP contribution in [0.25, 0.3) is 0 Å². The molecule has 0 unspecified atom stereocenters. The number of para-hydroxylation sites is 1. The Kier molecular flexibility index (Phi) is 4.16. The summed E-state index contributed by atoms with van der Waals surface area (Å²) in [7, 11) is 0. The van der Waals surface area contributed by atoms with Crippen LogP contribution in [0.4, 0.5) is 10.1 Å². The average Bonchev–Trinajstić information content (AvgIpc) is 2.40. The lowest BCUT2D eigenvalue weighted by Gasteiger charge is -2.40. The third-order valence-corrected chi connectivity index (χ3v) is 4.64. The van der Waals surface area contributed by atoms with Crippen molar-refractivity contribution in [3.63, 3.8) is 0 Å². The molecule has 1 nitrogen and oxygen atoms in total. The van der Waals surface area contributed by atoms with Gasteiger partial charge in [-0.15, -0.1) is 11.6 Å². The van der Waals surface area contributed by atoms with E-state index in [4.69, 9.17) is 11.6 Å². The maximum atomic E-state index is 14.0. The van der Waals surface area contributed by atoms with Crippen molar-refractivity contribution in [1.82, 2.24) is 0 Å². The quantitative estimate of drug-likeness (QED) is 0.726. The Labute approximate surface area is 114 Å². The van der Waals surface area contributed by atoms with Gasteiger partial charge in [0.15, 0.2) is 0 Å². The smallest absolute Gasteiger partial charge is 0.146 e. The molecule has 0 aliphatic carbocycles. The summed E-state index contributed by atoms with van der Waals surface area (Å²) in [6.45, 7) is 6.42. The van der Waals surface area contributed by atoms with Gasteiger partial charge in [0.25, 0.3) is 0 Å². The van der Waals surface area contributed by atoms with E-state index in [2.05, 4.69) is 18.7 Å². The fraction of sp³-hybridized carbons (Fsp3) is 0.600. The van der Waals surface area contributed by atoms with Crippen LogP contribution in [0.1, 0.15) is 38.7 Å². The van der Waals surface area contributed by atoms with E-state index < -0.39 is 0 Å². The molecule has 1 aromatic carbocycles. The molecule has 0 bridgehead atoms. The lowest BCUT2D eigenvalue weighted by Crippen LogP contribution is -2.39. The molecule has 1 heterocycles. The molecule has 0 amide bonds. The van der Waals surface area contributed by atoms with Crippen molar-refractivity contribution in [3.8, 4) is 0 Å². The van der Waals surface area contributed by atoms with Crippen LogP contribution in [0.5, 0.6) is 0 Å². The molecule has 1 aliphatic heterocycles. The van der Waals surface area contributed by atoms with Gasteiger partial charge >= 0.3 is 0 Å². The van der Waals surface area contributed by atoms with Gasteiger partial charge in [-0.25, -0.2) is 4.39 Å². The molecular weight excluding hydrogens is 249 g/mol. The zero-order valence-electron chi connectivity index (χ0n) is 11.2. The number of rotatable bonds is 3. The van der Waals surface area contributed by atoms with E-state index in [1.165, 1.54) is 12.5 Å². The zero-order valence-corrected chi connectivity index (χ0v) is 11.9. The highest BCUT2D eigenvalue weighted by Crippen LogP contribution is 2.37. The summed E-state index contributed by atoms with van der Waals surface area (Å²) in [6, 6.07) is 5.18. The number of hydrogen-bond donors (Lipinski definition) is 0. The molecule has 1 aromatic rings. The lowest BCUT2D eigenvalue weighted by molar-refractivity contribution is 0.237. The van der Waals surface area contributed by atoms with Crippen molar-refractivity contribution < 1.29 is 4.39 Å². The second kappa shape index (κ2) is 5.48. The average molecular weight is 270 g/mol.